The molecular formula is C26H38F2O. The number of ether oxygens (including phenoxy) is 1. The van der Waals surface area contributed by atoms with Crippen molar-refractivity contribution in [1.82, 2.24) is 0 Å². The van der Waals surface area contributed by atoms with Crippen LogP contribution in [0.3, 0.4) is 0 Å². The molecule has 0 bridgehead atoms. The zero-order valence-electron chi connectivity index (χ0n) is 18.3. The van der Waals surface area contributed by atoms with Gasteiger partial charge in [-0.15, -0.1) is 0 Å². The lowest BCUT2D eigenvalue weighted by atomic mass is 9.61. The van der Waals surface area contributed by atoms with Crippen LogP contribution in [0, 0.1) is 41.2 Å². The van der Waals surface area contributed by atoms with Crippen LogP contribution >= 0.6 is 0 Å². The molecular weight excluding hydrogens is 366 g/mol. The number of methoxy groups -OCH3 is 1. The van der Waals surface area contributed by atoms with E-state index in [2.05, 4.69) is 6.92 Å². The van der Waals surface area contributed by atoms with Crippen molar-refractivity contribution in [1.29, 1.82) is 0 Å². The quantitative estimate of drug-likeness (QED) is 0.446. The maximum absolute atomic E-state index is 14.7. The highest BCUT2D eigenvalue weighted by Gasteiger charge is 2.39. The Morgan fingerprint density at radius 3 is 2.38 bits per heavy atom. The smallest absolute Gasteiger partial charge is 0.200 e. The van der Waals surface area contributed by atoms with E-state index in [0.29, 0.717) is 23.8 Å². The van der Waals surface area contributed by atoms with Gasteiger partial charge in [0.15, 0.2) is 11.6 Å². The van der Waals surface area contributed by atoms with Crippen LogP contribution in [-0.2, 0) is 12.8 Å². The van der Waals surface area contributed by atoms with Gasteiger partial charge in [-0.1, -0.05) is 39.0 Å². The molecule has 0 heterocycles. The minimum Gasteiger partial charge on any atom is -0.494 e. The maximum atomic E-state index is 14.7. The molecule has 1 nitrogen and oxygen atoms in total. The topological polar surface area (TPSA) is 9.23 Å². The van der Waals surface area contributed by atoms with Gasteiger partial charge in [0.2, 0.25) is 5.82 Å². The van der Waals surface area contributed by atoms with Crippen LogP contribution in [0.5, 0.6) is 5.75 Å². The van der Waals surface area contributed by atoms with E-state index in [1.807, 2.05) is 0 Å². The Hall–Kier alpha value is -1.12. The van der Waals surface area contributed by atoms with E-state index in [9.17, 15) is 8.78 Å². The van der Waals surface area contributed by atoms with Gasteiger partial charge in [0.1, 0.15) is 0 Å². The van der Waals surface area contributed by atoms with Crippen molar-refractivity contribution in [3.8, 4) is 5.75 Å². The summed E-state index contributed by atoms with van der Waals surface area (Å²) < 4.78 is 33.9. The van der Waals surface area contributed by atoms with Gasteiger partial charge in [-0.2, -0.15) is 4.39 Å². The average Bonchev–Trinajstić information content (AvgIpc) is 2.75. The number of unbranched alkanes of at least 4 members (excludes halogenated alkanes) is 2. The number of fused-ring (bicyclic) bond motifs is 2. The zero-order valence-corrected chi connectivity index (χ0v) is 18.3. The SMILES string of the molecule is CCCCCC1CCC2CC(C3CCc4cc(OC)c(F)c(F)c4C3)CCC2C1. The Labute approximate surface area is 175 Å². The van der Waals surface area contributed by atoms with Crippen LogP contribution in [0.4, 0.5) is 8.78 Å². The average molecular weight is 405 g/mol. The lowest BCUT2D eigenvalue weighted by molar-refractivity contribution is 0.0687. The van der Waals surface area contributed by atoms with Gasteiger partial charge < -0.3 is 4.74 Å². The van der Waals surface area contributed by atoms with Crippen molar-refractivity contribution in [2.45, 2.75) is 90.4 Å². The Morgan fingerprint density at radius 1 is 0.897 bits per heavy atom. The third kappa shape index (κ3) is 4.49. The van der Waals surface area contributed by atoms with Crippen LogP contribution in [-0.4, -0.2) is 7.11 Å². The number of rotatable bonds is 6. The molecule has 5 atom stereocenters. The summed E-state index contributed by atoms with van der Waals surface area (Å²) in [6.45, 7) is 2.29. The maximum Gasteiger partial charge on any atom is 0.200 e. The van der Waals surface area contributed by atoms with E-state index in [4.69, 9.17) is 4.74 Å². The first kappa shape index (κ1) is 21.1. The first-order valence-corrected chi connectivity index (χ1v) is 12.1. The van der Waals surface area contributed by atoms with E-state index in [0.717, 1.165) is 36.2 Å². The predicted molar refractivity (Wildman–Crippen MR) is 114 cm³/mol. The summed E-state index contributed by atoms with van der Waals surface area (Å²) in [7, 11) is 1.41. The Balaban J connectivity index is 1.36. The summed E-state index contributed by atoms with van der Waals surface area (Å²) in [5.74, 6) is 2.58. The molecule has 0 saturated heterocycles. The van der Waals surface area contributed by atoms with E-state index in [-0.39, 0.29) is 5.75 Å². The van der Waals surface area contributed by atoms with E-state index >= 15 is 0 Å². The summed E-state index contributed by atoms with van der Waals surface area (Å²) >= 11 is 0. The van der Waals surface area contributed by atoms with Gasteiger partial charge >= 0.3 is 0 Å². The fourth-order valence-electron chi connectivity index (χ4n) is 6.79. The normalized spacial score (nSPS) is 31.8. The molecule has 0 radical (unpaired) electrons. The minimum atomic E-state index is -0.808. The number of aryl methyl sites for hydroxylation is 1. The van der Waals surface area contributed by atoms with Crippen LogP contribution in [0.25, 0.3) is 0 Å². The fraction of sp³-hybridized carbons (Fsp3) is 0.769. The van der Waals surface area contributed by atoms with Crippen molar-refractivity contribution in [3.63, 3.8) is 0 Å². The van der Waals surface area contributed by atoms with Crippen LogP contribution in [0.2, 0.25) is 0 Å². The van der Waals surface area contributed by atoms with Gasteiger partial charge in [-0.3, -0.25) is 0 Å². The molecule has 5 unspecified atom stereocenters. The molecule has 3 heteroatoms. The molecule has 0 N–H and O–H groups in total. The van der Waals surface area contributed by atoms with E-state index < -0.39 is 11.6 Å². The molecule has 1 aromatic carbocycles. The highest BCUT2D eigenvalue weighted by molar-refractivity contribution is 5.40. The Kier molecular flexibility index (Phi) is 6.81. The van der Waals surface area contributed by atoms with Gasteiger partial charge in [0.25, 0.3) is 0 Å². The largest absolute Gasteiger partial charge is 0.494 e. The third-order valence-corrected chi connectivity index (χ3v) is 8.48. The monoisotopic (exact) mass is 404 g/mol. The predicted octanol–water partition coefficient (Wildman–Crippen LogP) is 7.49. The number of hydrogen-bond donors (Lipinski definition) is 0. The Morgan fingerprint density at radius 2 is 1.62 bits per heavy atom. The number of benzene rings is 1. The zero-order chi connectivity index (χ0) is 20.4. The van der Waals surface area contributed by atoms with Gasteiger partial charge in [-0.05, 0) is 98.1 Å². The second-order valence-electron chi connectivity index (χ2n) is 10.1. The molecule has 3 aliphatic carbocycles. The second-order valence-corrected chi connectivity index (χ2v) is 10.1. The van der Waals surface area contributed by atoms with Gasteiger partial charge in [0, 0.05) is 0 Å². The first-order chi connectivity index (χ1) is 14.1. The molecule has 0 spiro atoms. The van der Waals surface area contributed by atoms with Crippen molar-refractivity contribution in [2.75, 3.05) is 7.11 Å². The van der Waals surface area contributed by atoms with Crippen molar-refractivity contribution in [3.05, 3.63) is 28.8 Å². The molecule has 0 aliphatic heterocycles. The molecule has 0 amide bonds. The third-order valence-electron chi connectivity index (χ3n) is 8.48. The summed E-state index contributed by atoms with van der Waals surface area (Å²) in [5.41, 5.74) is 1.58. The summed E-state index contributed by atoms with van der Waals surface area (Å²) in [6.07, 6.45) is 16.5. The number of hydrogen-bond acceptors (Lipinski definition) is 1. The summed E-state index contributed by atoms with van der Waals surface area (Å²) in [6, 6.07) is 1.72. The summed E-state index contributed by atoms with van der Waals surface area (Å²) in [4.78, 5) is 0. The number of halogens is 2. The lowest BCUT2D eigenvalue weighted by Gasteiger charge is -2.45. The Bertz CT molecular complexity index is 700. The lowest BCUT2D eigenvalue weighted by Crippen LogP contribution is -2.35. The second kappa shape index (κ2) is 9.35. The van der Waals surface area contributed by atoms with Gasteiger partial charge in [0.05, 0.1) is 7.11 Å². The molecule has 4 rings (SSSR count). The van der Waals surface area contributed by atoms with Gasteiger partial charge in [-0.25, -0.2) is 4.39 Å². The van der Waals surface area contributed by atoms with Crippen LogP contribution in [0.15, 0.2) is 6.07 Å². The van der Waals surface area contributed by atoms with Crippen molar-refractivity contribution >= 4 is 0 Å². The summed E-state index contributed by atoms with van der Waals surface area (Å²) in [5, 5.41) is 0. The molecule has 3 aliphatic rings. The van der Waals surface area contributed by atoms with E-state index in [1.165, 1.54) is 71.3 Å². The minimum absolute atomic E-state index is 0.0518. The highest BCUT2D eigenvalue weighted by atomic mass is 19.2. The molecule has 0 aromatic heterocycles. The van der Waals surface area contributed by atoms with Crippen LogP contribution in [0.1, 0.15) is 88.7 Å². The van der Waals surface area contributed by atoms with Crippen molar-refractivity contribution < 1.29 is 13.5 Å². The van der Waals surface area contributed by atoms with E-state index in [1.54, 1.807) is 6.07 Å². The standard InChI is InChI=1S/C26H38F2O/c1-3-4-5-6-17-7-8-19-14-20(10-9-18(19)13-17)21-11-12-22-16-24(29-2)26(28)25(27)23(22)15-21/h16-21H,3-15H2,1-2H3. The molecule has 1 aromatic rings. The molecule has 162 valence electrons. The first-order valence-electron chi connectivity index (χ1n) is 12.1. The fourth-order valence-corrected chi connectivity index (χ4v) is 6.79. The van der Waals surface area contributed by atoms with Crippen molar-refractivity contribution in [2.24, 2.45) is 29.6 Å². The molecule has 2 fully saturated rings. The molecule has 2 saturated carbocycles. The highest BCUT2D eigenvalue weighted by Crippen LogP contribution is 2.49. The van der Waals surface area contributed by atoms with Crippen LogP contribution < -0.4 is 4.74 Å². The molecule has 29 heavy (non-hydrogen) atoms.